The summed E-state index contributed by atoms with van der Waals surface area (Å²) in [4.78, 5) is 13.5. The quantitative estimate of drug-likeness (QED) is 0.458. The average molecular weight is 475 g/mol. The van der Waals surface area contributed by atoms with Crippen molar-refractivity contribution in [1.29, 1.82) is 0 Å². The minimum atomic E-state index is -0.201. The van der Waals surface area contributed by atoms with Crippen molar-refractivity contribution < 1.29 is 9.53 Å². The van der Waals surface area contributed by atoms with E-state index in [1.807, 2.05) is 36.4 Å². The summed E-state index contributed by atoms with van der Waals surface area (Å²) in [5.74, 6) is 1.14. The largest absolute Gasteiger partial charge is 0.497 e. The van der Waals surface area contributed by atoms with Crippen molar-refractivity contribution in [2.75, 3.05) is 17.7 Å². The molecule has 0 amide bonds. The first kappa shape index (κ1) is 19.9. The number of rotatable bonds is 3. The summed E-state index contributed by atoms with van der Waals surface area (Å²) in [5, 5.41) is 7.21. The number of carbonyl (C=O) groups is 1. The molecular weight excluding hydrogens is 452 g/mol. The summed E-state index contributed by atoms with van der Waals surface area (Å²) >= 11 is 3.58. The van der Waals surface area contributed by atoms with Crippen LogP contribution in [0.3, 0.4) is 0 Å². The maximum atomic E-state index is 13.5. The zero-order chi connectivity index (χ0) is 21.4. The summed E-state index contributed by atoms with van der Waals surface area (Å²) < 4.78 is 6.29. The van der Waals surface area contributed by atoms with Crippen LogP contribution in [-0.4, -0.2) is 12.9 Å². The minimum Gasteiger partial charge on any atom is -0.497 e. The lowest BCUT2D eigenvalue weighted by Crippen LogP contribution is -2.26. The number of nitrogens with one attached hydrogen (secondary N) is 2. The molecule has 3 aromatic rings. The van der Waals surface area contributed by atoms with Crippen molar-refractivity contribution >= 4 is 33.1 Å². The van der Waals surface area contributed by atoms with Crippen molar-refractivity contribution in [2.45, 2.75) is 24.8 Å². The van der Waals surface area contributed by atoms with Gasteiger partial charge in [0.05, 0.1) is 24.5 Å². The first-order valence-corrected chi connectivity index (χ1v) is 11.2. The number of anilines is 2. The molecule has 2 N–H and O–H groups in total. The third-order valence-electron chi connectivity index (χ3n) is 6.08. The van der Waals surface area contributed by atoms with Gasteiger partial charge in [0.1, 0.15) is 5.75 Å². The molecule has 4 nitrogen and oxygen atoms in total. The van der Waals surface area contributed by atoms with Gasteiger partial charge in [0.25, 0.3) is 0 Å². The van der Waals surface area contributed by atoms with Gasteiger partial charge in [-0.05, 0) is 59.9 Å². The lowest BCUT2D eigenvalue weighted by molar-refractivity contribution is -0.116. The number of ether oxygens (including phenoxy) is 1. The van der Waals surface area contributed by atoms with Gasteiger partial charge < -0.3 is 15.4 Å². The van der Waals surface area contributed by atoms with E-state index in [0.29, 0.717) is 6.42 Å². The summed E-state index contributed by atoms with van der Waals surface area (Å²) in [5.41, 5.74) is 6.05. The number of hydrogen-bond acceptors (Lipinski definition) is 4. The number of allylic oxidation sites excluding steroid dienone is 1. The number of carbonyl (C=O) groups excluding carboxylic acids is 1. The monoisotopic (exact) mass is 474 g/mol. The SMILES string of the molecule is COc1ccc(C2CC(=O)C3=C(C2)Nc2ccccc2NC3c2cccc(Br)c2)cc1. The van der Waals surface area contributed by atoms with Crippen LogP contribution in [0.4, 0.5) is 11.4 Å². The van der Waals surface area contributed by atoms with E-state index in [4.69, 9.17) is 4.74 Å². The van der Waals surface area contributed by atoms with E-state index in [2.05, 4.69) is 63.0 Å². The summed E-state index contributed by atoms with van der Waals surface area (Å²) in [7, 11) is 1.66. The van der Waals surface area contributed by atoms with Crippen LogP contribution < -0.4 is 15.4 Å². The van der Waals surface area contributed by atoms with Crippen molar-refractivity contribution in [3.63, 3.8) is 0 Å². The number of benzene rings is 3. The fourth-order valence-electron chi connectivity index (χ4n) is 4.54. The van der Waals surface area contributed by atoms with Gasteiger partial charge in [-0.3, -0.25) is 4.79 Å². The molecule has 5 heteroatoms. The Morgan fingerprint density at radius 3 is 2.42 bits per heavy atom. The first-order chi connectivity index (χ1) is 15.1. The lowest BCUT2D eigenvalue weighted by atomic mass is 9.78. The highest BCUT2D eigenvalue weighted by molar-refractivity contribution is 9.10. The van der Waals surface area contributed by atoms with Crippen LogP contribution in [0.1, 0.15) is 35.9 Å². The molecule has 2 atom stereocenters. The predicted molar refractivity (Wildman–Crippen MR) is 128 cm³/mol. The number of para-hydroxylation sites is 2. The Morgan fingerprint density at radius 1 is 0.903 bits per heavy atom. The van der Waals surface area contributed by atoms with E-state index in [-0.39, 0.29) is 17.7 Å². The second-order valence-corrected chi connectivity index (χ2v) is 8.91. The van der Waals surface area contributed by atoms with Crippen molar-refractivity contribution in [1.82, 2.24) is 0 Å². The van der Waals surface area contributed by atoms with Gasteiger partial charge >= 0.3 is 0 Å². The molecule has 156 valence electrons. The van der Waals surface area contributed by atoms with Gasteiger partial charge in [-0.1, -0.05) is 52.3 Å². The molecule has 31 heavy (non-hydrogen) atoms. The van der Waals surface area contributed by atoms with E-state index in [0.717, 1.165) is 50.4 Å². The van der Waals surface area contributed by atoms with Gasteiger partial charge in [0.2, 0.25) is 0 Å². The number of hydrogen-bond donors (Lipinski definition) is 2. The standard InChI is InChI=1S/C26H23BrN2O2/c1-31-20-11-9-16(10-12-20)18-14-23-25(24(30)15-18)26(17-5-4-6-19(27)13-17)29-22-8-3-2-7-21(22)28-23/h2-13,18,26,28-29H,14-15H2,1H3. The maximum Gasteiger partial charge on any atom is 0.163 e. The van der Waals surface area contributed by atoms with Crippen molar-refractivity contribution in [3.05, 3.63) is 99.7 Å². The Morgan fingerprint density at radius 2 is 1.68 bits per heavy atom. The first-order valence-electron chi connectivity index (χ1n) is 10.4. The fraction of sp³-hybridized carbons (Fsp3) is 0.192. The molecule has 0 spiro atoms. The maximum absolute atomic E-state index is 13.5. The van der Waals surface area contributed by atoms with E-state index in [1.165, 1.54) is 0 Å². The number of Topliss-reactive ketones (excluding diaryl/α,β-unsaturated/α-hetero) is 1. The molecule has 2 unspecified atom stereocenters. The molecule has 5 rings (SSSR count). The number of ketones is 1. The average Bonchev–Trinajstić information content (AvgIpc) is 2.96. The molecule has 2 aliphatic rings. The van der Waals surface area contributed by atoms with Crippen LogP contribution in [-0.2, 0) is 4.79 Å². The number of fused-ring (bicyclic) bond motifs is 1. The highest BCUT2D eigenvalue weighted by Gasteiger charge is 2.36. The zero-order valence-corrected chi connectivity index (χ0v) is 18.8. The normalized spacial score (nSPS) is 20.1. The molecule has 3 aromatic carbocycles. The molecular formula is C26H23BrN2O2. The number of halogens is 1. The lowest BCUT2D eigenvalue weighted by Gasteiger charge is -2.30. The van der Waals surface area contributed by atoms with E-state index in [9.17, 15) is 4.79 Å². The Hall–Kier alpha value is -3.05. The summed E-state index contributed by atoms with van der Waals surface area (Å²) in [6.07, 6.45) is 1.28. The molecule has 0 bridgehead atoms. The summed E-state index contributed by atoms with van der Waals surface area (Å²) in [6.45, 7) is 0. The van der Waals surface area contributed by atoms with E-state index >= 15 is 0 Å². The van der Waals surface area contributed by atoms with E-state index < -0.39 is 0 Å². The molecule has 0 radical (unpaired) electrons. The second kappa shape index (κ2) is 8.23. The molecule has 0 saturated heterocycles. The second-order valence-electron chi connectivity index (χ2n) is 8.00. The van der Waals surface area contributed by atoms with Gasteiger partial charge in [0, 0.05) is 22.2 Å². The topological polar surface area (TPSA) is 50.4 Å². The Kier molecular flexibility index (Phi) is 5.28. The summed E-state index contributed by atoms with van der Waals surface area (Å²) in [6, 6.07) is 24.2. The minimum absolute atomic E-state index is 0.137. The van der Waals surface area contributed by atoms with E-state index in [1.54, 1.807) is 7.11 Å². The molecule has 0 fully saturated rings. The van der Waals surface area contributed by atoms with Crippen LogP contribution in [0.15, 0.2) is 88.5 Å². The third kappa shape index (κ3) is 3.86. The van der Waals surface area contributed by atoms with Crippen molar-refractivity contribution in [3.8, 4) is 5.75 Å². The van der Waals surface area contributed by atoms with Gasteiger partial charge in [0.15, 0.2) is 5.78 Å². The van der Waals surface area contributed by atoms with Crippen molar-refractivity contribution in [2.24, 2.45) is 0 Å². The fourth-order valence-corrected chi connectivity index (χ4v) is 4.96. The van der Waals surface area contributed by atoms with Gasteiger partial charge in [-0.15, -0.1) is 0 Å². The molecule has 1 heterocycles. The number of methoxy groups -OCH3 is 1. The van der Waals surface area contributed by atoms with Crippen LogP contribution in [0.2, 0.25) is 0 Å². The van der Waals surface area contributed by atoms with Gasteiger partial charge in [-0.25, -0.2) is 0 Å². The van der Waals surface area contributed by atoms with Crippen LogP contribution in [0.25, 0.3) is 0 Å². The molecule has 1 aliphatic heterocycles. The smallest absolute Gasteiger partial charge is 0.163 e. The van der Waals surface area contributed by atoms with Crippen LogP contribution in [0, 0.1) is 0 Å². The predicted octanol–water partition coefficient (Wildman–Crippen LogP) is 6.44. The Labute approximate surface area is 190 Å². The molecule has 0 saturated carbocycles. The van der Waals surface area contributed by atoms with Crippen LogP contribution in [0.5, 0.6) is 5.75 Å². The molecule has 1 aliphatic carbocycles. The Balaban J connectivity index is 1.58. The van der Waals surface area contributed by atoms with Gasteiger partial charge in [-0.2, -0.15) is 0 Å². The van der Waals surface area contributed by atoms with Crippen LogP contribution >= 0.6 is 15.9 Å². The zero-order valence-electron chi connectivity index (χ0n) is 17.2. The Bertz CT molecular complexity index is 1170. The highest BCUT2D eigenvalue weighted by atomic mass is 79.9. The third-order valence-corrected chi connectivity index (χ3v) is 6.57. The highest BCUT2D eigenvalue weighted by Crippen LogP contribution is 2.44. The molecule has 0 aromatic heterocycles.